The zero-order valence-electron chi connectivity index (χ0n) is 16.1. The Morgan fingerprint density at radius 3 is 2.87 bits per heavy atom. The number of allylic oxidation sites excluding steroid dienone is 1. The van der Waals surface area contributed by atoms with E-state index in [4.69, 9.17) is 22.6 Å². The van der Waals surface area contributed by atoms with E-state index in [9.17, 15) is 4.79 Å². The lowest BCUT2D eigenvalue weighted by Crippen LogP contribution is -2.50. The van der Waals surface area contributed by atoms with E-state index in [0.717, 1.165) is 5.56 Å². The molecule has 9 nitrogen and oxygen atoms in total. The van der Waals surface area contributed by atoms with E-state index < -0.39 is 0 Å². The van der Waals surface area contributed by atoms with E-state index in [0.29, 0.717) is 36.2 Å². The first kappa shape index (κ1) is 21.1. The summed E-state index contributed by atoms with van der Waals surface area (Å²) in [7, 11) is 0. The highest BCUT2D eigenvalue weighted by Crippen LogP contribution is 2.20. The van der Waals surface area contributed by atoms with Crippen molar-refractivity contribution in [2.24, 2.45) is 16.6 Å². The minimum absolute atomic E-state index is 0.0253. The van der Waals surface area contributed by atoms with Gasteiger partial charge in [0.25, 0.3) is 0 Å². The Morgan fingerprint density at radius 2 is 2.17 bits per heavy atom. The standard InChI is InChI=1S/C20H21ClN8O/c21-17-10-26-20(28-19(17)25-8-14-4-2-1-3-5-14)27-16(7-23)9-24-11-18(30)29-12-15(6-22)13-29/h1-5,7,9-10,15H,8,11-13,23H2,(H2,25,26,27,28). The first-order valence-electron chi connectivity index (χ1n) is 9.25. The summed E-state index contributed by atoms with van der Waals surface area (Å²) >= 11 is 6.18. The van der Waals surface area contributed by atoms with E-state index in [1.165, 1.54) is 18.6 Å². The number of anilines is 2. The van der Waals surface area contributed by atoms with Gasteiger partial charge in [-0.15, -0.1) is 0 Å². The van der Waals surface area contributed by atoms with Gasteiger partial charge in [0, 0.05) is 32.0 Å². The molecule has 0 radical (unpaired) electrons. The van der Waals surface area contributed by atoms with Crippen LogP contribution in [0.4, 0.5) is 11.8 Å². The van der Waals surface area contributed by atoms with Gasteiger partial charge in [-0.2, -0.15) is 10.2 Å². The van der Waals surface area contributed by atoms with Crippen LogP contribution in [0.3, 0.4) is 0 Å². The maximum atomic E-state index is 12.0. The van der Waals surface area contributed by atoms with Crippen LogP contribution in [0.15, 0.2) is 53.4 Å². The lowest BCUT2D eigenvalue weighted by atomic mass is 10.0. The fourth-order valence-electron chi connectivity index (χ4n) is 2.66. The summed E-state index contributed by atoms with van der Waals surface area (Å²) < 4.78 is 0. The second-order valence-corrected chi connectivity index (χ2v) is 6.98. The molecule has 0 spiro atoms. The number of nitrogens with one attached hydrogen (secondary N) is 2. The highest BCUT2D eigenvalue weighted by Gasteiger charge is 2.29. The number of hydrogen-bond acceptors (Lipinski definition) is 8. The summed E-state index contributed by atoms with van der Waals surface area (Å²) in [5, 5.41) is 15.3. The molecule has 1 amide bonds. The van der Waals surface area contributed by atoms with Crippen LogP contribution >= 0.6 is 11.6 Å². The number of hydrogen-bond donors (Lipinski definition) is 3. The van der Waals surface area contributed by atoms with Crippen LogP contribution in [0.25, 0.3) is 0 Å². The van der Waals surface area contributed by atoms with Crippen LogP contribution in [0.2, 0.25) is 5.02 Å². The number of aliphatic imine (C=N–C) groups is 1. The SMILES string of the molecule is N#CC1CN(C(=O)CN=CC(=CN)Nc2ncc(Cl)c(NCc3ccccc3)n2)C1. The summed E-state index contributed by atoms with van der Waals surface area (Å²) in [4.78, 5) is 26.2. The molecule has 4 N–H and O–H groups in total. The first-order valence-corrected chi connectivity index (χ1v) is 9.63. The molecule has 0 saturated carbocycles. The van der Waals surface area contributed by atoms with Crippen molar-refractivity contribution < 1.29 is 4.79 Å². The molecule has 1 aliphatic heterocycles. The number of amides is 1. The van der Waals surface area contributed by atoms with Crippen molar-refractivity contribution in [1.29, 1.82) is 5.26 Å². The monoisotopic (exact) mass is 424 g/mol. The molecule has 0 bridgehead atoms. The molecule has 0 atom stereocenters. The van der Waals surface area contributed by atoms with Gasteiger partial charge in [-0.05, 0) is 5.56 Å². The highest BCUT2D eigenvalue weighted by molar-refractivity contribution is 6.32. The van der Waals surface area contributed by atoms with Crippen molar-refractivity contribution >= 4 is 35.5 Å². The second-order valence-electron chi connectivity index (χ2n) is 6.57. The van der Waals surface area contributed by atoms with Gasteiger partial charge in [0.2, 0.25) is 11.9 Å². The molecule has 2 heterocycles. The molecule has 1 fully saturated rings. The Morgan fingerprint density at radius 1 is 1.40 bits per heavy atom. The van der Waals surface area contributed by atoms with Crippen molar-refractivity contribution in [2.75, 3.05) is 30.3 Å². The quantitative estimate of drug-likeness (QED) is 0.552. The number of nitriles is 1. The zero-order valence-corrected chi connectivity index (χ0v) is 16.9. The Kier molecular flexibility index (Phi) is 7.19. The lowest BCUT2D eigenvalue weighted by Gasteiger charge is -2.34. The van der Waals surface area contributed by atoms with Crippen LogP contribution < -0.4 is 16.4 Å². The van der Waals surface area contributed by atoms with Crippen molar-refractivity contribution in [3.63, 3.8) is 0 Å². The summed E-state index contributed by atoms with van der Waals surface area (Å²) in [6.45, 7) is 1.45. The number of halogens is 1. The highest BCUT2D eigenvalue weighted by atomic mass is 35.5. The molecule has 1 saturated heterocycles. The number of rotatable bonds is 8. The summed E-state index contributed by atoms with van der Waals surface area (Å²) in [6.07, 6.45) is 4.22. The third-order valence-corrected chi connectivity index (χ3v) is 4.63. The van der Waals surface area contributed by atoms with Gasteiger partial charge in [0.05, 0.1) is 23.9 Å². The van der Waals surface area contributed by atoms with Crippen molar-refractivity contribution in [3.8, 4) is 6.07 Å². The zero-order chi connectivity index (χ0) is 21.3. The van der Waals surface area contributed by atoms with Crippen LogP contribution in [-0.2, 0) is 11.3 Å². The molecule has 1 aromatic carbocycles. The first-order chi connectivity index (χ1) is 14.6. The topological polar surface area (TPSA) is 132 Å². The predicted molar refractivity (Wildman–Crippen MR) is 116 cm³/mol. The van der Waals surface area contributed by atoms with Gasteiger partial charge in [-0.1, -0.05) is 41.9 Å². The molecule has 1 aliphatic rings. The Balaban J connectivity index is 1.55. The molecule has 0 unspecified atom stereocenters. The van der Waals surface area contributed by atoms with Gasteiger partial charge >= 0.3 is 0 Å². The third kappa shape index (κ3) is 5.68. The number of carbonyl (C=O) groups excluding carboxylic acids is 1. The molecule has 0 aliphatic carbocycles. The molecule has 30 heavy (non-hydrogen) atoms. The number of nitrogens with zero attached hydrogens (tertiary/aromatic N) is 5. The summed E-state index contributed by atoms with van der Waals surface area (Å²) in [5.74, 6) is 0.547. The van der Waals surface area contributed by atoms with E-state index in [-0.39, 0.29) is 24.3 Å². The maximum Gasteiger partial charge on any atom is 0.244 e. The number of aromatic nitrogens is 2. The Hall–Kier alpha value is -3.64. The van der Waals surface area contributed by atoms with E-state index in [1.54, 1.807) is 4.90 Å². The average Bonchev–Trinajstić information content (AvgIpc) is 2.73. The van der Waals surface area contributed by atoms with Crippen molar-refractivity contribution in [3.05, 3.63) is 59.0 Å². The molecular formula is C20H21ClN8O. The third-order valence-electron chi connectivity index (χ3n) is 4.36. The van der Waals surface area contributed by atoms with Gasteiger partial charge < -0.3 is 21.3 Å². The number of likely N-dealkylation sites (tertiary alicyclic amines) is 1. The lowest BCUT2D eigenvalue weighted by molar-refractivity contribution is -0.134. The predicted octanol–water partition coefficient (Wildman–Crippen LogP) is 2.01. The largest absolute Gasteiger partial charge is 0.403 e. The van der Waals surface area contributed by atoms with Gasteiger partial charge in [-0.3, -0.25) is 9.79 Å². The van der Waals surface area contributed by atoms with Gasteiger partial charge in [0.1, 0.15) is 11.6 Å². The Bertz CT molecular complexity index is 980. The van der Waals surface area contributed by atoms with Crippen molar-refractivity contribution in [1.82, 2.24) is 14.9 Å². The molecular weight excluding hydrogens is 404 g/mol. The number of nitrogens with two attached hydrogens (primary N) is 1. The van der Waals surface area contributed by atoms with E-state index in [2.05, 4.69) is 31.7 Å². The van der Waals surface area contributed by atoms with Crippen molar-refractivity contribution in [2.45, 2.75) is 6.54 Å². The Labute approximate surface area is 179 Å². The maximum absolute atomic E-state index is 12.0. The summed E-state index contributed by atoms with van der Waals surface area (Å²) in [5.41, 5.74) is 7.14. The van der Waals surface area contributed by atoms with E-state index in [1.807, 2.05) is 30.3 Å². The van der Waals surface area contributed by atoms with Crippen LogP contribution in [0.5, 0.6) is 0 Å². The van der Waals surface area contributed by atoms with E-state index >= 15 is 0 Å². The smallest absolute Gasteiger partial charge is 0.244 e. The summed E-state index contributed by atoms with van der Waals surface area (Å²) in [6, 6.07) is 12.0. The minimum atomic E-state index is -0.135. The molecule has 154 valence electrons. The van der Waals surface area contributed by atoms with Crippen LogP contribution in [-0.4, -0.2) is 46.6 Å². The second kappa shape index (κ2) is 10.2. The van der Waals surface area contributed by atoms with Gasteiger partial charge in [0.15, 0.2) is 5.82 Å². The molecule has 10 heteroatoms. The fraction of sp³-hybridized carbons (Fsp3) is 0.250. The van der Waals surface area contributed by atoms with Gasteiger partial charge in [-0.25, -0.2) is 4.98 Å². The molecule has 3 rings (SSSR count). The average molecular weight is 425 g/mol. The normalized spacial score (nSPS) is 14.3. The number of carbonyl (C=O) groups is 1. The molecule has 2 aromatic rings. The number of benzene rings is 1. The fourth-order valence-corrected chi connectivity index (χ4v) is 2.82. The molecule has 1 aromatic heterocycles. The minimum Gasteiger partial charge on any atom is -0.403 e. The van der Waals surface area contributed by atoms with Crippen LogP contribution in [0, 0.1) is 17.2 Å². The van der Waals surface area contributed by atoms with Crippen LogP contribution in [0.1, 0.15) is 5.56 Å².